The molecule has 1 aromatic rings. The molecule has 1 fully saturated rings. The first kappa shape index (κ1) is 13.8. The number of nitrogens with zero attached hydrogens (tertiary/aromatic N) is 4. The van der Waals surface area contributed by atoms with Crippen LogP contribution < -0.4 is 5.32 Å². The maximum atomic E-state index is 12.1. The van der Waals surface area contributed by atoms with Gasteiger partial charge in [-0.3, -0.25) is 4.68 Å². The monoisotopic (exact) mass is 265 g/mol. The summed E-state index contributed by atoms with van der Waals surface area (Å²) in [5.74, 6) is 0.644. The fourth-order valence-corrected chi connectivity index (χ4v) is 2.56. The topological polar surface area (TPSA) is 63.1 Å². The van der Waals surface area contributed by atoms with E-state index < -0.39 is 0 Å². The minimum absolute atomic E-state index is 0.0284. The Hall–Kier alpha value is -1.59. The summed E-state index contributed by atoms with van der Waals surface area (Å²) in [5, 5.41) is 7.02. The van der Waals surface area contributed by atoms with E-state index in [-0.39, 0.29) is 6.03 Å². The molecule has 106 valence electrons. The first-order valence-electron chi connectivity index (χ1n) is 7.02. The summed E-state index contributed by atoms with van der Waals surface area (Å²) in [5.41, 5.74) is 0. The molecule has 1 aromatic heterocycles. The van der Waals surface area contributed by atoms with Gasteiger partial charge in [0.05, 0.1) is 6.54 Å². The lowest BCUT2D eigenvalue weighted by Gasteiger charge is -2.27. The average Bonchev–Trinajstić information content (AvgIpc) is 2.67. The Bertz CT molecular complexity index is 409. The fourth-order valence-electron chi connectivity index (χ4n) is 2.56. The van der Waals surface area contributed by atoms with Gasteiger partial charge < -0.3 is 10.2 Å². The van der Waals surface area contributed by atoms with Crippen LogP contribution in [0.25, 0.3) is 0 Å². The fraction of sp³-hybridized carbons (Fsp3) is 0.769. The third kappa shape index (κ3) is 3.94. The highest BCUT2D eigenvalue weighted by Crippen LogP contribution is 2.20. The Morgan fingerprint density at radius 1 is 1.42 bits per heavy atom. The van der Waals surface area contributed by atoms with Crippen LogP contribution in [-0.4, -0.2) is 38.8 Å². The molecule has 1 aliphatic carbocycles. The van der Waals surface area contributed by atoms with Gasteiger partial charge in [-0.25, -0.2) is 9.78 Å². The molecule has 0 saturated heterocycles. The highest BCUT2D eigenvalue weighted by molar-refractivity contribution is 5.74. The van der Waals surface area contributed by atoms with Crippen molar-refractivity contribution >= 4 is 6.03 Å². The molecule has 0 aromatic carbocycles. The number of hydrogen-bond acceptors (Lipinski definition) is 3. The van der Waals surface area contributed by atoms with Crippen molar-refractivity contribution in [2.75, 3.05) is 7.05 Å². The molecule has 0 radical (unpaired) electrons. The molecule has 0 unspecified atom stereocenters. The van der Waals surface area contributed by atoms with Crippen LogP contribution in [0, 0.1) is 0 Å². The molecule has 2 rings (SSSR count). The van der Waals surface area contributed by atoms with E-state index in [1.807, 2.05) is 19.0 Å². The predicted molar refractivity (Wildman–Crippen MR) is 72.5 cm³/mol. The highest BCUT2D eigenvalue weighted by atomic mass is 16.2. The first-order valence-corrected chi connectivity index (χ1v) is 7.02. The summed E-state index contributed by atoms with van der Waals surface area (Å²) in [7, 11) is 3.70. The number of amides is 2. The molecule has 0 spiro atoms. The van der Waals surface area contributed by atoms with Crippen molar-refractivity contribution in [1.29, 1.82) is 0 Å². The van der Waals surface area contributed by atoms with Gasteiger partial charge in [-0.2, -0.15) is 5.10 Å². The summed E-state index contributed by atoms with van der Waals surface area (Å²) in [6.07, 6.45) is 8.91. The molecule has 1 aliphatic rings. The van der Waals surface area contributed by atoms with Crippen molar-refractivity contribution in [3.63, 3.8) is 0 Å². The molecular formula is C13H23N5O. The zero-order valence-electron chi connectivity index (χ0n) is 11.8. The van der Waals surface area contributed by atoms with E-state index in [0.717, 1.165) is 12.8 Å². The molecule has 19 heavy (non-hydrogen) atoms. The number of nitrogens with one attached hydrogen (secondary N) is 1. The van der Waals surface area contributed by atoms with Gasteiger partial charge in [0.2, 0.25) is 0 Å². The lowest BCUT2D eigenvalue weighted by molar-refractivity contribution is 0.183. The van der Waals surface area contributed by atoms with Crippen LogP contribution in [0.3, 0.4) is 0 Å². The van der Waals surface area contributed by atoms with Gasteiger partial charge >= 0.3 is 6.03 Å². The van der Waals surface area contributed by atoms with Crippen molar-refractivity contribution in [2.45, 2.75) is 51.1 Å². The summed E-state index contributed by atoms with van der Waals surface area (Å²) in [6, 6.07) is 0.346. The minimum atomic E-state index is -0.0284. The Kier molecular flexibility index (Phi) is 4.76. The zero-order chi connectivity index (χ0) is 13.7. The van der Waals surface area contributed by atoms with Crippen LogP contribution in [0.1, 0.15) is 44.3 Å². The van der Waals surface area contributed by atoms with E-state index in [1.165, 1.54) is 25.7 Å². The van der Waals surface area contributed by atoms with Crippen LogP contribution in [0.5, 0.6) is 0 Å². The van der Waals surface area contributed by atoms with Crippen LogP contribution in [0.2, 0.25) is 0 Å². The molecule has 0 aliphatic heterocycles. The maximum absolute atomic E-state index is 12.1. The van der Waals surface area contributed by atoms with Crippen LogP contribution in [0.15, 0.2) is 6.33 Å². The molecule has 6 nitrogen and oxygen atoms in total. The maximum Gasteiger partial charge on any atom is 0.317 e. The zero-order valence-corrected chi connectivity index (χ0v) is 11.8. The summed E-state index contributed by atoms with van der Waals surface area (Å²) < 4.78 is 1.64. The van der Waals surface area contributed by atoms with Crippen molar-refractivity contribution in [2.24, 2.45) is 7.05 Å². The van der Waals surface area contributed by atoms with Gasteiger partial charge in [-0.15, -0.1) is 0 Å². The lowest BCUT2D eigenvalue weighted by atomic mass is 10.1. The van der Waals surface area contributed by atoms with Gasteiger partial charge in [0.25, 0.3) is 0 Å². The third-order valence-electron chi connectivity index (χ3n) is 3.74. The summed E-state index contributed by atoms with van der Waals surface area (Å²) in [6.45, 7) is 0.386. The van der Waals surface area contributed by atoms with Crippen LogP contribution in [-0.2, 0) is 13.6 Å². The molecule has 1 N–H and O–H groups in total. The largest absolute Gasteiger partial charge is 0.331 e. The smallest absolute Gasteiger partial charge is 0.317 e. The normalized spacial score (nSPS) is 16.9. The lowest BCUT2D eigenvalue weighted by Crippen LogP contribution is -2.43. The van der Waals surface area contributed by atoms with E-state index >= 15 is 0 Å². The van der Waals surface area contributed by atoms with E-state index in [4.69, 9.17) is 0 Å². The third-order valence-corrected chi connectivity index (χ3v) is 3.74. The Labute approximate surface area is 114 Å². The number of aromatic nitrogens is 3. The molecule has 0 bridgehead atoms. The van der Waals surface area contributed by atoms with Crippen molar-refractivity contribution in [1.82, 2.24) is 25.0 Å². The second-order valence-corrected chi connectivity index (χ2v) is 5.25. The van der Waals surface area contributed by atoms with Crippen molar-refractivity contribution in [3.05, 3.63) is 12.2 Å². The molecule has 1 saturated carbocycles. The van der Waals surface area contributed by atoms with Gasteiger partial charge in [0.1, 0.15) is 6.33 Å². The van der Waals surface area contributed by atoms with E-state index in [0.29, 0.717) is 18.4 Å². The number of carbonyl (C=O) groups is 1. The standard InChI is InChI=1S/C13H23N5O/c1-17-10-15-12(16-17)9-14-13(19)18(2)11-7-5-3-4-6-8-11/h10-11H,3-9H2,1-2H3,(H,14,19). The van der Waals surface area contributed by atoms with E-state index in [1.54, 1.807) is 11.0 Å². The first-order chi connectivity index (χ1) is 9.16. The Balaban J connectivity index is 1.81. The summed E-state index contributed by atoms with van der Waals surface area (Å²) in [4.78, 5) is 18.0. The van der Waals surface area contributed by atoms with Gasteiger partial charge in [-0.05, 0) is 12.8 Å². The van der Waals surface area contributed by atoms with Crippen molar-refractivity contribution in [3.8, 4) is 0 Å². The SMILES string of the molecule is CN(C(=O)NCc1ncn(C)n1)C1CCCCCC1. The Morgan fingerprint density at radius 2 is 2.11 bits per heavy atom. The molecule has 0 atom stereocenters. The second kappa shape index (κ2) is 6.54. The number of hydrogen-bond donors (Lipinski definition) is 1. The molecule has 1 heterocycles. The summed E-state index contributed by atoms with van der Waals surface area (Å²) >= 11 is 0. The number of aryl methyl sites for hydroxylation is 1. The van der Waals surface area contributed by atoms with Gasteiger partial charge in [0.15, 0.2) is 5.82 Å². The van der Waals surface area contributed by atoms with Crippen LogP contribution in [0.4, 0.5) is 4.79 Å². The van der Waals surface area contributed by atoms with E-state index in [9.17, 15) is 4.79 Å². The number of carbonyl (C=O) groups excluding carboxylic acids is 1. The predicted octanol–water partition coefficient (Wildman–Crippen LogP) is 1.68. The minimum Gasteiger partial charge on any atom is -0.331 e. The molecular weight excluding hydrogens is 242 g/mol. The molecule has 6 heteroatoms. The van der Waals surface area contributed by atoms with E-state index in [2.05, 4.69) is 15.4 Å². The van der Waals surface area contributed by atoms with Gasteiger partial charge in [-0.1, -0.05) is 25.7 Å². The average molecular weight is 265 g/mol. The Morgan fingerprint density at radius 3 is 2.68 bits per heavy atom. The molecule has 2 amide bonds. The highest BCUT2D eigenvalue weighted by Gasteiger charge is 2.21. The quantitative estimate of drug-likeness (QED) is 0.846. The van der Waals surface area contributed by atoms with Crippen molar-refractivity contribution < 1.29 is 4.79 Å². The number of rotatable bonds is 3. The van der Waals surface area contributed by atoms with Gasteiger partial charge in [0, 0.05) is 20.1 Å². The number of urea groups is 1. The van der Waals surface area contributed by atoms with Crippen LogP contribution >= 0.6 is 0 Å². The second-order valence-electron chi connectivity index (χ2n) is 5.25.